The van der Waals surface area contributed by atoms with Crippen molar-refractivity contribution < 1.29 is 13.9 Å². The molecule has 1 aromatic carbocycles. The van der Waals surface area contributed by atoms with Gasteiger partial charge in [0.2, 0.25) is 5.89 Å². The van der Waals surface area contributed by atoms with Gasteiger partial charge in [0.15, 0.2) is 5.52 Å². The Kier molecular flexibility index (Phi) is 4.90. The Hall–Kier alpha value is -3.81. The van der Waals surface area contributed by atoms with Gasteiger partial charge in [-0.25, -0.2) is 19.7 Å². The molecule has 3 aromatic heterocycles. The van der Waals surface area contributed by atoms with Crippen LogP contribution in [0.15, 0.2) is 64.3 Å². The number of pyridine rings is 1. The second-order valence-electron chi connectivity index (χ2n) is 6.35. The highest BCUT2D eigenvalue weighted by atomic mass is 16.5. The third-order valence-corrected chi connectivity index (χ3v) is 4.46. The highest BCUT2D eigenvalue weighted by Gasteiger charge is 2.20. The Morgan fingerprint density at radius 2 is 1.93 bits per heavy atom. The summed E-state index contributed by atoms with van der Waals surface area (Å²) < 4.78 is 11.8. The van der Waals surface area contributed by atoms with Gasteiger partial charge in [-0.1, -0.05) is 18.2 Å². The molecule has 1 unspecified atom stereocenters. The molecule has 4 aromatic rings. The largest absolute Gasteiger partial charge is 0.464 e. The molecule has 0 radical (unpaired) electrons. The second-order valence-corrected chi connectivity index (χ2v) is 6.35. The number of aromatic nitrogens is 4. The van der Waals surface area contributed by atoms with Crippen molar-refractivity contribution in [3.05, 3.63) is 65.4 Å². The number of fused-ring (bicyclic) bond motifs is 1. The van der Waals surface area contributed by atoms with Gasteiger partial charge in [-0.05, 0) is 38.1 Å². The van der Waals surface area contributed by atoms with Crippen LogP contribution in [-0.4, -0.2) is 32.1 Å². The molecule has 0 aliphatic rings. The number of nitrogens with zero attached hydrogens (tertiary/aromatic N) is 4. The summed E-state index contributed by atoms with van der Waals surface area (Å²) >= 11 is 0. The molecule has 146 valence electrons. The summed E-state index contributed by atoms with van der Waals surface area (Å²) in [4.78, 5) is 38.0. The maximum atomic E-state index is 12.9. The zero-order chi connectivity index (χ0) is 20.4. The number of esters is 1. The van der Waals surface area contributed by atoms with Gasteiger partial charge in [-0.3, -0.25) is 9.36 Å². The SMILES string of the molecule is CCOC(=O)C(C)n1cnc2ccc(-c3coc(-c4ccccc4)n3)nc2c1=O. The molecule has 3 heterocycles. The first-order chi connectivity index (χ1) is 14.1. The number of benzene rings is 1. The molecule has 1 atom stereocenters. The minimum absolute atomic E-state index is 0.144. The molecule has 8 heteroatoms. The van der Waals surface area contributed by atoms with Gasteiger partial charge in [-0.15, -0.1) is 0 Å². The van der Waals surface area contributed by atoms with E-state index in [9.17, 15) is 9.59 Å². The fraction of sp³-hybridized carbons (Fsp3) is 0.190. The van der Waals surface area contributed by atoms with E-state index in [2.05, 4.69) is 15.0 Å². The topological polar surface area (TPSA) is 100 Å². The average Bonchev–Trinajstić information content (AvgIpc) is 3.24. The Morgan fingerprint density at radius 1 is 1.14 bits per heavy atom. The van der Waals surface area contributed by atoms with Crippen LogP contribution < -0.4 is 5.56 Å². The lowest BCUT2D eigenvalue weighted by atomic mass is 10.2. The Labute approximate surface area is 165 Å². The van der Waals surface area contributed by atoms with Crippen LogP contribution in [-0.2, 0) is 9.53 Å². The lowest BCUT2D eigenvalue weighted by Gasteiger charge is -2.13. The van der Waals surface area contributed by atoms with Gasteiger partial charge >= 0.3 is 5.97 Å². The molecule has 0 aliphatic carbocycles. The molecule has 0 bridgehead atoms. The van der Waals surface area contributed by atoms with Crippen molar-refractivity contribution in [2.24, 2.45) is 0 Å². The van der Waals surface area contributed by atoms with Crippen molar-refractivity contribution in [3.63, 3.8) is 0 Å². The van der Waals surface area contributed by atoms with Gasteiger partial charge in [0.1, 0.15) is 18.0 Å². The molecule has 0 amide bonds. The van der Waals surface area contributed by atoms with Crippen LogP contribution in [0.3, 0.4) is 0 Å². The fourth-order valence-corrected chi connectivity index (χ4v) is 2.91. The fourth-order valence-electron chi connectivity index (χ4n) is 2.91. The van der Waals surface area contributed by atoms with Crippen LogP contribution in [0.25, 0.3) is 33.9 Å². The first kappa shape index (κ1) is 18.5. The number of carbonyl (C=O) groups excluding carboxylic acids is 1. The predicted molar refractivity (Wildman–Crippen MR) is 106 cm³/mol. The minimum Gasteiger partial charge on any atom is -0.464 e. The van der Waals surface area contributed by atoms with Gasteiger partial charge < -0.3 is 9.15 Å². The van der Waals surface area contributed by atoms with Crippen LogP contribution in [0.4, 0.5) is 0 Å². The summed E-state index contributed by atoms with van der Waals surface area (Å²) in [6, 6.07) is 12.1. The molecule has 0 aliphatic heterocycles. The molecule has 29 heavy (non-hydrogen) atoms. The van der Waals surface area contributed by atoms with Gasteiger partial charge in [0, 0.05) is 5.56 Å². The van der Waals surface area contributed by atoms with E-state index in [-0.39, 0.29) is 12.1 Å². The van der Waals surface area contributed by atoms with Crippen molar-refractivity contribution in [1.82, 2.24) is 19.5 Å². The van der Waals surface area contributed by atoms with Crippen molar-refractivity contribution in [1.29, 1.82) is 0 Å². The van der Waals surface area contributed by atoms with Crippen LogP contribution in [0.1, 0.15) is 19.9 Å². The van der Waals surface area contributed by atoms with E-state index in [1.54, 1.807) is 26.0 Å². The third-order valence-electron chi connectivity index (χ3n) is 4.46. The second kappa shape index (κ2) is 7.67. The van der Waals surface area contributed by atoms with E-state index < -0.39 is 17.6 Å². The third kappa shape index (κ3) is 3.52. The predicted octanol–water partition coefficient (Wildman–Crippen LogP) is 3.24. The molecule has 0 saturated heterocycles. The van der Waals surface area contributed by atoms with Crippen molar-refractivity contribution in [3.8, 4) is 22.8 Å². The molecule has 4 rings (SSSR count). The zero-order valence-electron chi connectivity index (χ0n) is 15.9. The quantitative estimate of drug-likeness (QED) is 0.482. The van der Waals surface area contributed by atoms with E-state index in [1.807, 2.05) is 30.3 Å². The highest BCUT2D eigenvalue weighted by Crippen LogP contribution is 2.24. The van der Waals surface area contributed by atoms with E-state index >= 15 is 0 Å². The molecular formula is C21H18N4O4. The summed E-state index contributed by atoms with van der Waals surface area (Å²) in [5.41, 5.74) is 1.96. The number of rotatable bonds is 5. The van der Waals surface area contributed by atoms with Crippen LogP contribution in [0.5, 0.6) is 0 Å². The van der Waals surface area contributed by atoms with Crippen LogP contribution in [0.2, 0.25) is 0 Å². The lowest BCUT2D eigenvalue weighted by Crippen LogP contribution is -2.30. The number of hydrogen-bond acceptors (Lipinski definition) is 7. The number of oxazole rings is 1. The maximum Gasteiger partial charge on any atom is 0.328 e. The van der Waals surface area contributed by atoms with E-state index in [0.717, 1.165) is 5.56 Å². The van der Waals surface area contributed by atoms with Crippen LogP contribution in [0, 0.1) is 0 Å². The normalized spacial score (nSPS) is 12.1. The lowest BCUT2D eigenvalue weighted by molar-refractivity contribution is -0.146. The minimum atomic E-state index is -0.804. The van der Waals surface area contributed by atoms with Crippen molar-refractivity contribution >= 4 is 17.0 Å². The van der Waals surface area contributed by atoms with E-state index in [1.165, 1.54) is 17.2 Å². The Morgan fingerprint density at radius 3 is 2.69 bits per heavy atom. The average molecular weight is 390 g/mol. The standard InChI is InChI=1S/C21H18N4O4/c1-3-28-21(27)13(2)25-12-22-16-10-9-15(23-18(16)20(25)26)17-11-29-19(24-17)14-7-5-4-6-8-14/h4-13H,3H2,1-2H3. The van der Waals surface area contributed by atoms with Crippen molar-refractivity contribution in [2.45, 2.75) is 19.9 Å². The molecule has 0 saturated carbocycles. The van der Waals surface area contributed by atoms with E-state index in [4.69, 9.17) is 9.15 Å². The van der Waals surface area contributed by atoms with Gasteiger partial charge in [-0.2, -0.15) is 0 Å². The van der Waals surface area contributed by atoms with Gasteiger partial charge in [0.05, 0.1) is 24.1 Å². The molecular weight excluding hydrogens is 372 g/mol. The van der Waals surface area contributed by atoms with Crippen LogP contribution >= 0.6 is 0 Å². The molecule has 0 fully saturated rings. The molecule has 8 nitrogen and oxygen atoms in total. The highest BCUT2D eigenvalue weighted by molar-refractivity contribution is 5.78. The Balaban J connectivity index is 1.74. The number of ether oxygens (including phenoxy) is 1. The first-order valence-corrected chi connectivity index (χ1v) is 9.14. The zero-order valence-corrected chi connectivity index (χ0v) is 15.9. The summed E-state index contributed by atoms with van der Waals surface area (Å²) in [6.45, 7) is 3.53. The number of carbonyl (C=O) groups is 1. The summed E-state index contributed by atoms with van der Waals surface area (Å²) in [6.07, 6.45) is 2.82. The number of hydrogen-bond donors (Lipinski definition) is 0. The van der Waals surface area contributed by atoms with Gasteiger partial charge in [0.25, 0.3) is 5.56 Å². The summed E-state index contributed by atoms with van der Waals surface area (Å²) in [7, 11) is 0. The summed E-state index contributed by atoms with van der Waals surface area (Å²) in [5.74, 6) is -0.0436. The monoisotopic (exact) mass is 390 g/mol. The summed E-state index contributed by atoms with van der Waals surface area (Å²) in [5, 5.41) is 0. The maximum absolute atomic E-state index is 12.9. The Bertz CT molecular complexity index is 1230. The van der Waals surface area contributed by atoms with Crippen molar-refractivity contribution in [2.75, 3.05) is 6.61 Å². The molecule has 0 spiro atoms. The smallest absolute Gasteiger partial charge is 0.328 e. The van der Waals surface area contributed by atoms with E-state index in [0.29, 0.717) is 22.8 Å². The molecule has 0 N–H and O–H groups in total. The first-order valence-electron chi connectivity index (χ1n) is 9.14.